The van der Waals surface area contributed by atoms with Crippen LogP contribution in [-0.4, -0.2) is 20.4 Å². The lowest BCUT2D eigenvalue weighted by Gasteiger charge is -2.04. The van der Waals surface area contributed by atoms with Crippen LogP contribution in [0, 0.1) is 6.92 Å². The van der Waals surface area contributed by atoms with E-state index in [-0.39, 0.29) is 0 Å². The molecule has 0 bridgehead atoms. The molecule has 0 aliphatic carbocycles. The Balaban J connectivity index is 1.84. The Bertz CT molecular complexity index is 450. The van der Waals surface area contributed by atoms with E-state index in [1.165, 1.54) is 4.90 Å². The number of hydrogen-bond acceptors (Lipinski definition) is 3. The van der Waals surface area contributed by atoms with Crippen LogP contribution in [-0.2, 0) is 6.54 Å². The van der Waals surface area contributed by atoms with Crippen LogP contribution in [0.25, 0.3) is 0 Å². The Hall–Kier alpha value is -1.42. The molecule has 0 radical (unpaired) electrons. The van der Waals surface area contributed by atoms with E-state index in [1.807, 2.05) is 31.5 Å². The summed E-state index contributed by atoms with van der Waals surface area (Å²) >= 11 is 1.78. The molecule has 0 unspecified atom stereocenters. The van der Waals surface area contributed by atoms with Gasteiger partial charge in [-0.2, -0.15) is 0 Å². The molecule has 1 aromatic heterocycles. The predicted molar refractivity (Wildman–Crippen MR) is 65.8 cm³/mol. The number of benzene rings is 1. The number of rotatable bonds is 4. The lowest BCUT2D eigenvalue weighted by molar-refractivity contribution is 0.475. The van der Waals surface area contributed by atoms with Crippen molar-refractivity contribution < 1.29 is 5.11 Å². The van der Waals surface area contributed by atoms with Crippen LogP contribution >= 0.6 is 11.8 Å². The maximum absolute atomic E-state index is 9.15. The number of phenolic OH excluding ortho intramolecular Hbond substituents is 1. The molecule has 84 valence electrons. The Labute approximate surface area is 99.1 Å². The van der Waals surface area contributed by atoms with Gasteiger partial charge >= 0.3 is 0 Å². The van der Waals surface area contributed by atoms with Gasteiger partial charge in [0.05, 0.1) is 0 Å². The van der Waals surface area contributed by atoms with E-state index in [0.717, 1.165) is 18.1 Å². The number of aromatic nitrogens is 2. The molecule has 0 saturated heterocycles. The highest BCUT2D eigenvalue weighted by molar-refractivity contribution is 7.99. The van der Waals surface area contributed by atoms with Crippen molar-refractivity contribution in [1.29, 1.82) is 0 Å². The van der Waals surface area contributed by atoms with Crippen molar-refractivity contribution in [3.8, 4) is 5.75 Å². The number of phenols is 1. The van der Waals surface area contributed by atoms with Crippen molar-refractivity contribution in [1.82, 2.24) is 9.55 Å². The van der Waals surface area contributed by atoms with Crippen LogP contribution in [0.5, 0.6) is 5.75 Å². The summed E-state index contributed by atoms with van der Waals surface area (Å²) in [5.74, 6) is 2.36. The molecule has 4 heteroatoms. The lowest BCUT2D eigenvalue weighted by Crippen LogP contribution is -2.01. The summed E-state index contributed by atoms with van der Waals surface area (Å²) < 4.78 is 2.13. The van der Waals surface area contributed by atoms with Crippen molar-refractivity contribution in [2.75, 3.05) is 5.75 Å². The van der Waals surface area contributed by atoms with Crippen molar-refractivity contribution in [3.63, 3.8) is 0 Å². The van der Waals surface area contributed by atoms with E-state index in [9.17, 15) is 0 Å². The molecule has 0 atom stereocenters. The van der Waals surface area contributed by atoms with Gasteiger partial charge in [0.15, 0.2) is 0 Å². The molecule has 0 amide bonds. The van der Waals surface area contributed by atoms with E-state index in [1.54, 1.807) is 23.9 Å². The summed E-state index contributed by atoms with van der Waals surface area (Å²) in [4.78, 5) is 5.35. The van der Waals surface area contributed by atoms with Gasteiger partial charge in [-0.25, -0.2) is 4.98 Å². The van der Waals surface area contributed by atoms with E-state index in [2.05, 4.69) is 9.55 Å². The predicted octanol–water partition coefficient (Wildman–Crippen LogP) is 2.69. The zero-order chi connectivity index (χ0) is 11.4. The minimum atomic E-state index is 0.315. The molecule has 1 heterocycles. The van der Waals surface area contributed by atoms with Crippen LogP contribution < -0.4 is 0 Å². The number of nitrogens with zero attached hydrogens (tertiary/aromatic N) is 2. The molecule has 0 aliphatic heterocycles. The Morgan fingerprint density at radius 2 is 2.06 bits per heavy atom. The highest BCUT2D eigenvalue weighted by atomic mass is 32.2. The quantitative estimate of drug-likeness (QED) is 0.827. The van der Waals surface area contributed by atoms with Gasteiger partial charge in [0.2, 0.25) is 0 Å². The second kappa shape index (κ2) is 5.07. The molecule has 3 nitrogen and oxygen atoms in total. The highest BCUT2D eigenvalue weighted by Crippen LogP contribution is 2.20. The molecule has 1 aromatic carbocycles. The van der Waals surface area contributed by atoms with Crippen molar-refractivity contribution in [2.24, 2.45) is 0 Å². The fourth-order valence-corrected chi connectivity index (χ4v) is 2.30. The average molecular weight is 234 g/mol. The molecule has 0 spiro atoms. The summed E-state index contributed by atoms with van der Waals surface area (Å²) in [7, 11) is 0. The van der Waals surface area contributed by atoms with Crippen molar-refractivity contribution in [3.05, 3.63) is 42.5 Å². The number of thioether (sulfide) groups is 1. The van der Waals surface area contributed by atoms with Crippen LogP contribution in [0.1, 0.15) is 5.82 Å². The summed E-state index contributed by atoms with van der Waals surface area (Å²) in [5.41, 5.74) is 0. The summed E-state index contributed by atoms with van der Waals surface area (Å²) in [5, 5.41) is 9.15. The molecular weight excluding hydrogens is 220 g/mol. The normalized spacial score (nSPS) is 10.6. The molecular formula is C12H14N2OS. The summed E-state index contributed by atoms with van der Waals surface area (Å²) in [6, 6.07) is 7.29. The summed E-state index contributed by atoms with van der Waals surface area (Å²) in [6.45, 7) is 2.96. The molecule has 0 fully saturated rings. The fourth-order valence-electron chi connectivity index (χ4n) is 1.44. The first-order valence-corrected chi connectivity index (χ1v) is 6.14. The maximum atomic E-state index is 9.15. The zero-order valence-corrected chi connectivity index (χ0v) is 9.94. The smallest absolute Gasteiger partial charge is 0.115 e. The number of imidazole rings is 1. The number of aryl methyl sites for hydroxylation is 2. The largest absolute Gasteiger partial charge is 0.508 e. The number of hydrogen-bond donors (Lipinski definition) is 1. The van der Waals surface area contributed by atoms with Crippen LogP contribution in [0.4, 0.5) is 0 Å². The van der Waals surface area contributed by atoms with Gasteiger partial charge in [0.25, 0.3) is 0 Å². The minimum Gasteiger partial charge on any atom is -0.508 e. The standard InChI is InChI=1S/C12H14N2OS/c1-10-13-6-7-14(10)8-9-16-12-4-2-11(15)3-5-12/h2-7,15H,8-9H2,1H3. The first-order valence-electron chi connectivity index (χ1n) is 5.15. The fraction of sp³-hybridized carbons (Fsp3) is 0.250. The third kappa shape index (κ3) is 2.79. The molecule has 2 rings (SSSR count). The van der Waals surface area contributed by atoms with Gasteiger partial charge in [-0.05, 0) is 31.2 Å². The van der Waals surface area contributed by atoms with Crippen molar-refractivity contribution in [2.45, 2.75) is 18.4 Å². The molecule has 0 saturated carbocycles. The van der Waals surface area contributed by atoms with E-state index in [4.69, 9.17) is 5.11 Å². The molecule has 0 aliphatic rings. The van der Waals surface area contributed by atoms with Gasteiger partial charge < -0.3 is 9.67 Å². The van der Waals surface area contributed by atoms with Crippen LogP contribution in [0.2, 0.25) is 0 Å². The average Bonchev–Trinajstić information content (AvgIpc) is 2.68. The first kappa shape index (κ1) is 11.1. The van der Waals surface area contributed by atoms with E-state index >= 15 is 0 Å². The van der Waals surface area contributed by atoms with Crippen molar-refractivity contribution >= 4 is 11.8 Å². The second-order valence-corrected chi connectivity index (χ2v) is 4.68. The topological polar surface area (TPSA) is 38.0 Å². The molecule has 2 aromatic rings. The second-order valence-electron chi connectivity index (χ2n) is 3.51. The lowest BCUT2D eigenvalue weighted by atomic mass is 10.3. The molecule has 16 heavy (non-hydrogen) atoms. The zero-order valence-electron chi connectivity index (χ0n) is 9.13. The Morgan fingerprint density at radius 3 is 2.69 bits per heavy atom. The third-order valence-electron chi connectivity index (χ3n) is 2.36. The van der Waals surface area contributed by atoms with Gasteiger partial charge in [0, 0.05) is 29.6 Å². The number of aromatic hydroxyl groups is 1. The van der Waals surface area contributed by atoms with Gasteiger partial charge in [-0.15, -0.1) is 11.8 Å². The van der Waals surface area contributed by atoms with Gasteiger partial charge in [-0.1, -0.05) is 0 Å². The highest BCUT2D eigenvalue weighted by Gasteiger charge is 1.98. The Kier molecular flexibility index (Phi) is 3.51. The first-order chi connectivity index (χ1) is 7.75. The van der Waals surface area contributed by atoms with Crippen LogP contribution in [0.3, 0.4) is 0 Å². The van der Waals surface area contributed by atoms with Crippen LogP contribution in [0.15, 0.2) is 41.6 Å². The van der Waals surface area contributed by atoms with E-state index in [0.29, 0.717) is 5.75 Å². The minimum absolute atomic E-state index is 0.315. The maximum Gasteiger partial charge on any atom is 0.115 e. The Morgan fingerprint density at radius 1 is 1.31 bits per heavy atom. The summed E-state index contributed by atoms with van der Waals surface area (Å²) in [6.07, 6.45) is 3.81. The SMILES string of the molecule is Cc1nccn1CCSc1ccc(O)cc1. The monoisotopic (exact) mass is 234 g/mol. The van der Waals surface area contributed by atoms with E-state index < -0.39 is 0 Å². The van der Waals surface area contributed by atoms with Gasteiger partial charge in [-0.3, -0.25) is 0 Å². The molecule has 1 N–H and O–H groups in total. The third-order valence-corrected chi connectivity index (χ3v) is 3.35. The van der Waals surface area contributed by atoms with Gasteiger partial charge in [0.1, 0.15) is 11.6 Å².